The summed E-state index contributed by atoms with van der Waals surface area (Å²) in [6.45, 7) is 4.64. The summed E-state index contributed by atoms with van der Waals surface area (Å²) in [6.07, 6.45) is 0. The quantitative estimate of drug-likeness (QED) is 0.535. The molecule has 2 N–H and O–H groups in total. The monoisotopic (exact) mass is 175 g/mol. The minimum absolute atomic E-state index is 0.956. The molecule has 1 aromatic rings. The van der Waals surface area contributed by atoms with Crippen molar-refractivity contribution >= 4 is 17.1 Å². The second kappa shape index (κ2) is 2.31. The molecule has 0 spiro atoms. The van der Waals surface area contributed by atoms with E-state index in [2.05, 4.69) is 28.0 Å². The van der Waals surface area contributed by atoms with Crippen LogP contribution in [-0.4, -0.2) is 26.2 Å². The second-order valence-corrected chi connectivity index (χ2v) is 3.68. The predicted octanol–water partition coefficient (Wildman–Crippen LogP) is 0.909. The van der Waals surface area contributed by atoms with E-state index in [1.807, 2.05) is 0 Å². The number of nitrogen functional groups attached to an aromatic ring is 1. The largest absolute Gasteiger partial charge is 0.395 e. The SMILES string of the molecule is Nc1c(N2CC2)cccc1N1CC1. The van der Waals surface area contributed by atoms with Crippen molar-refractivity contribution in [3.05, 3.63) is 18.2 Å². The molecule has 1 aromatic carbocycles. The molecule has 3 heteroatoms. The molecule has 2 heterocycles. The average molecular weight is 175 g/mol. The number of hydrogen-bond donors (Lipinski definition) is 1. The fraction of sp³-hybridized carbons (Fsp3) is 0.400. The van der Waals surface area contributed by atoms with E-state index in [1.165, 1.54) is 11.4 Å². The zero-order chi connectivity index (χ0) is 8.84. The lowest BCUT2D eigenvalue weighted by molar-refractivity contribution is 1.35. The van der Waals surface area contributed by atoms with Crippen LogP contribution in [0.5, 0.6) is 0 Å². The van der Waals surface area contributed by atoms with Crippen molar-refractivity contribution in [3.63, 3.8) is 0 Å². The van der Waals surface area contributed by atoms with Crippen LogP contribution in [0.3, 0.4) is 0 Å². The lowest BCUT2D eigenvalue weighted by atomic mass is 10.2. The molecule has 3 nitrogen and oxygen atoms in total. The van der Waals surface area contributed by atoms with Gasteiger partial charge in [0.25, 0.3) is 0 Å². The van der Waals surface area contributed by atoms with Gasteiger partial charge in [-0.2, -0.15) is 0 Å². The van der Waals surface area contributed by atoms with Crippen molar-refractivity contribution in [3.8, 4) is 0 Å². The Morgan fingerprint density at radius 1 is 0.923 bits per heavy atom. The van der Waals surface area contributed by atoms with Gasteiger partial charge in [-0.3, -0.25) is 0 Å². The van der Waals surface area contributed by atoms with Crippen LogP contribution in [0.1, 0.15) is 0 Å². The summed E-state index contributed by atoms with van der Waals surface area (Å²) >= 11 is 0. The lowest BCUT2D eigenvalue weighted by Gasteiger charge is -2.12. The van der Waals surface area contributed by atoms with Gasteiger partial charge in [-0.25, -0.2) is 0 Å². The summed E-state index contributed by atoms with van der Waals surface area (Å²) < 4.78 is 0. The smallest absolute Gasteiger partial charge is 0.0789 e. The first-order chi connectivity index (χ1) is 6.36. The Labute approximate surface area is 77.7 Å². The van der Waals surface area contributed by atoms with E-state index in [0.29, 0.717) is 0 Å². The van der Waals surface area contributed by atoms with Gasteiger partial charge in [0.1, 0.15) is 0 Å². The Bertz CT molecular complexity index is 310. The molecular formula is C10H13N3. The third kappa shape index (κ3) is 1.11. The molecule has 0 bridgehead atoms. The third-order valence-electron chi connectivity index (χ3n) is 2.64. The summed E-state index contributed by atoms with van der Waals surface area (Å²) in [5.41, 5.74) is 9.46. The Hall–Kier alpha value is -1.38. The van der Waals surface area contributed by atoms with Gasteiger partial charge in [-0.05, 0) is 12.1 Å². The summed E-state index contributed by atoms with van der Waals surface area (Å²) in [6, 6.07) is 6.31. The van der Waals surface area contributed by atoms with Gasteiger partial charge in [0.2, 0.25) is 0 Å². The minimum Gasteiger partial charge on any atom is -0.395 e. The fourth-order valence-corrected chi connectivity index (χ4v) is 1.67. The molecular weight excluding hydrogens is 162 g/mol. The maximum absolute atomic E-state index is 6.08. The zero-order valence-electron chi connectivity index (χ0n) is 7.53. The highest BCUT2D eigenvalue weighted by molar-refractivity contribution is 5.84. The van der Waals surface area contributed by atoms with Gasteiger partial charge < -0.3 is 15.5 Å². The zero-order valence-corrected chi connectivity index (χ0v) is 7.53. The van der Waals surface area contributed by atoms with Crippen molar-refractivity contribution < 1.29 is 0 Å². The van der Waals surface area contributed by atoms with Crippen LogP contribution in [-0.2, 0) is 0 Å². The Balaban J connectivity index is 2.04. The summed E-state index contributed by atoms with van der Waals surface area (Å²) in [5.74, 6) is 0. The van der Waals surface area contributed by atoms with Crippen LogP contribution >= 0.6 is 0 Å². The van der Waals surface area contributed by atoms with Crippen molar-refractivity contribution in [2.75, 3.05) is 41.7 Å². The van der Waals surface area contributed by atoms with Gasteiger partial charge in [0.15, 0.2) is 0 Å². The number of anilines is 3. The first-order valence-electron chi connectivity index (χ1n) is 4.74. The molecule has 0 unspecified atom stereocenters. The summed E-state index contributed by atoms with van der Waals surface area (Å²) in [5, 5.41) is 0. The molecule has 13 heavy (non-hydrogen) atoms. The molecule has 0 amide bonds. The van der Waals surface area contributed by atoms with E-state index in [4.69, 9.17) is 5.73 Å². The Morgan fingerprint density at radius 2 is 1.38 bits per heavy atom. The van der Waals surface area contributed by atoms with E-state index < -0.39 is 0 Å². The van der Waals surface area contributed by atoms with E-state index in [-0.39, 0.29) is 0 Å². The number of benzene rings is 1. The minimum atomic E-state index is 0.956. The molecule has 0 aromatic heterocycles. The molecule has 2 saturated heterocycles. The standard InChI is InChI=1S/C10H13N3/c11-10-8(12-4-5-12)2-1-3-9(10)13-6-7-13/h1-3H,4-7,11H2. The van der Waals surface area contributed by atoms with E-state index in [9.17, 15) is 0 Å². The maximum Gasteiger partial charge on any atom is 0.0789 e. The number of nitrogens with two attached hydrogens (primary N) is 1. The molecule has 2 aliphatic heterocycles. The topological polar surface area (TPSA) is 32.0 Å². The molecule has 68 valence electrons. The van der Waals surface area contributed by atoms with Crippen LogP contribution < -0.4 is 15.5 Å². The van der Waals surface area contributed by atoms with Gasteiger partial charge in [0, 0.05) is 26.2 Å². The fourth-order valence-electron chi connectivity index (χ4n) is 1.67. The van der Waals surface area contributed by atoms with Crippen LogP contribution in [0.15, 0.2) is 18.2 Å². The Kier molecular flexibility index (Phi) is 1.26. The van der Waals surface area contributed by atoms with Crippen LogP contribution in [0.25, 0.3) is 0 Å². The van der Waals surface area contributed by atoms with Gasteiger partial charge in [-0.1, -0.05) is 6.07 Å². The highest BCUT2D eigenvalue weighted by Crippen LogP contribution is 2.37. The highest BCUT2D eigenvalue weighted by atomic mass is 15.3. The number of para-hydroxylation sites is 1. The van der Waals surface area contributed by atoms with Gasteiger partial charge in [0.05, 0.1) is 17.1 Å². The Morgan fingerprint density at radius 3 is 1.77 bits per heavy atom. The molecule has 3 rings (SSSR count). The third-order valence-corrected chi connectivity index (χ3v) is 2.64. The van der Waals surface area contributed by atoms with Crippen molar-refractivity contribution in [1.82, 2.24) is 0 Å². The molecule has 0 atom stereocenters. The van der Waals surface area contributed by atoms with E-state index in [1.54, 1.807) is 0 Å². The van der Waals surface area contributed by atoms with Gasteiger partial charge in [-0.15, -0.1) is 0 Å². The van der Waals surface area contributed by atoms with Crippen molar-refractivity contribution in [1.29, 1.82) is 0 Å². The highest BCUT2D eigenvalue weighted by Gasteiger charge is 2.25. The molecule has 0 radical (unpaired) electrons. The van der Waals surface area contributed by atoms with E-state index in [0.717, 1.165) is 31.9 Å². The molecule has 2 aliphatic rings. The first-order valence-corrected chi connectivity index (χ1v) is 4.74. The van der Waals surface area contributed by atoms with Crippen LogP contribution in [0, 0.1) is 0 Å². The van der Waals surface area contributed by atoms with Crippen LogP contribution in [0.4, 0.5) is 17.1 Å². The average Bonchev–Trinajstić information content (AvgIpc) is 3.00. The number of rotatable bonds is 2. The summed E-state index contributed by atoms with van der Waals surface area (Å²) in [7, 11) is 0. The predicted molar refractivity (Wildman–Crippen MR) is 55.3 cm³/mol. The number of nitrogens with zero attached hydrogens (tertiary/aromatic N) is 2. The maximum atomic E-state index is 6.08. The second-order valence-electron chi connectivity index (χ2n) is 3.68. The summed E-state index contributed by atoms with van der Waals surface area (Å²) in [4.78, 5) is 4.59. The van der Waals surface area contributed by atoms with Crippen LogP contribution in [0.2, 0.25) is 0 Å². The lowest BCUT2D eigenvalue weighted by Crippen LogP contribution is -2.02. The molecule has 2 fully saturated rings. The molecule has 0 saturated carbocycles. The van der Waals surface area contributed by atoms with E-state index >= 15 is 0 Å². The van der Waals surface area contributed by atoms with Crippen molar-refractivity contribution in [2.24, 2.45) is 0 Å². The first kappa shape index (κ1) is 7.06. The van der Waals surface area contributed by atoms with Crippen molar-refractivity contribution in [2.45, 2.75) is 0 Å². The number of hydrogen-bond acceptors (Lipinski definition) is 3. The normalized spacial score (nSPS) is 19.1. The van der Waals surface area contributed by atoms with Gasteiger partial charge >= 0.3 is 0 Å². The molecule has 0 aliphatic carbocycles.